The maximum atomic E-state index is 12.6. The fraction of sp³-hybridized carbons (Fsp3) is 0.267. The fourth-order valence-electron chi connectivity index (χ4n) is 5.32. The van der Waals surface area contributed by atoms with Crippen LogP contribution in [0.1, 0.15) is 22.3 Å². The molecule has 3 aromatic rings. The van der Waals surface area contributed by atoms with Gasteiger partial charge in [0.05, 0.1) is 5.69 Å². The molecular formula is C30H32N4OS. The number of allylic oxidation sites excluding steroid dienone is 1. The maximum absolute atomic E-state index is 12.6. The van der Waals surface area contributed by atoms with Gasteiger partial charge >= 0.3 is 0 Å². The summed E-state index contributed by atoms with van der Waals surface area (Å²) in [5, 5.41) is 2.36. The van der Waals surface area contributed by atoms with Crippen molar-refractivity contribution in [1.29, 1.82) is 0 Å². The number of hydrogen-bond acceptors (Lipinski definition) is 4. The molecule has 0 bridgehead atoms. The Balaban J connectivity index is 1.05. The summed E-state index contributed by atoms with van der Waals surface area (Å²) in [5.74, 6) is 1.49. The number of nitrogens with zero attached hydrogens (tertiary/aromatic N) is 4. The molecule has 6 rings (SSSR count). The summed E-state index contributed by atoms with van der Waals surface area (Å²) in [6, 6.07) is 29.6. The lowest BCUT2D eigenvalue weighted by Gasteiger charge is -2.40. The van der Waals surface area contributed by atoms with Gasteiger partial charge in [-0.1, -0.05) is 65.3 Å². The number of amides is 1. The van der Waals surface area contributed by atoms with Crippen LogP contribution in [0, 0.1) is 0 Å². The van der Waals surface area contributed by atoms with Crippen LogP contribution in [-0.2, 0) is 6.54 Å². The normalized spacial score (nSPS) is 19.9. The summed E-state index contributed by atoms with van der Waals surface area (Å²) in [7, 11) is -0.124. The lowest BCUT2D eigenvalue weighted by atomic mass is 10.1. The number of carbonyl (C=O) groups excluding carboxylic acids is 1. The molecule has 184 valence electrons. The average molecular weight is 497 g/mol. The van der Waals surface area contributed by atoms with Crippen molar-refractivity contribution in [3.63, 3.8) is 0 Å². The van der Waals surface area contributed by atoms with Gasteiger partial charge in [0.1, 0.15) is 5.82 Å². The van der Waals surface area contributed by atoms with E-state index in [2.05, 4.69) is 92.3 Å². The zero-order valence-electron chi connectivity index (χ0n) is 20.5. The van der Waals surface area contributed by atoms with Crippen LogP contribution >= 0.6 is 10.7 Å². The molecule has 3 aliphatic heterocycles. The molecule has 5 nitrogen and oxygen atoms in total. The van der Waals surface area contributed by atoms with Gasteiger partial charge in [0.15, 0.2) is 0 Å². The van der Waals surface area contributed by atoms with Crippen LogP contribution < -0.4 is 4.31 Å². The van der Waals surface area contributed by atoms with Gasteiger partial charge in [-0.2, -0.15) is 0 Å². The molecule has 1 amide bonds. The zero-order valence-corrected chi connectivity index (χ0v) is 21.3. The van der Waals surface area contributed by atoms with Crippen molar-refractivity contribution in [2.24, 2.45) is 0 Å². The van der Waals surface area contributed by atoms with E-state index in [1.165, 1.54) is 16.4 Å². The number of rotatable bonds is 7. The maximum Gasteiger partial charge on any atom is 0.254 e. The van der Waals surface area contributed by atoms with Crippen molar-refractivity contribution < 1.29 is 4.79 Å². The number of carbonyl (C=O) groups is 1. The molecule has 36 heavy (non-hydrogen) atoms. The summed E-state index contributed by atoms with van der Waals surface area (Å²) in [6.07, 6.45) is 3.33. The van der Waals surface area contributed by atoms with Gasteiger partial charge in [0, 0.05) is 49.7 Å². The molecule has 0 radical (unpaired) electrons. The number of hydrogen-bond donors (Lipinski definition) is 0. The molecule has 1 atom stereocenters. The number of benzene rings is 3. The Bertz CT molecular complexity index is 1280. The minimum absolute atomic E-state index is 0.124. The van der Waals surface area contributed by atoms with Crippen molar-refractivity contribution in [1.82, 2.24) is 14.7 Å². The molecule has 0 saturated carbocycles. The van der Waals surface area contributed by atoms with Crippen LogP contribution in [0.3, 0.4) is 0 Å². The quantitative estimate of drug-likeness (QED) is 0.428. The summed E-state index contributed by atoms with van der Waals surface area (Å²) < 4.78 is 2.50. The number of piperazine rings is 1. The van der Waals surface area contributed by atoms with E-state index in [-0.39, 0.29) is 16.6 Å². The van der Waals surface area contributed by atoms with Crippen LogP contribution in [0.5, 0.6) is 0 Å². The molecule has 0 spiro atoms. The van der Waals surface area contributed by atoms with Crippen molar-refractivity contribution in [2.75, 3.05) is 43.6 Å². The molecule has 3 heterocycles. The van der Waals surface area contributed by atoms with Crippen molar-refractivity contribution in [3.05, 3.63) is 108 Å². The van der Waals surface area contributed by atoms with Gasteiger partial charge in [-0.25, -0.2) is 0 Å². The largest absolute Gasteiger partial charge is 0.355 e. The van der Waals surface area contributed by atoms with Crippen LogP contribution in [0.25, 0.3) is 0 Å². The smallest absolute Gasteiger partial charge is 0.254 e. The van der Waals surface area contributed by atoms with Crippen molar-refractivity contribution >= 4 is 27.6 Å². The van der Waals surface area contributed by atoms with Crippen LogP contribution in [0.4, 0.5) is 5.69 Å². The van der Waals surface area contributed by atoms with E-state index in [1.807, 2.05) is 23.1 Å². The third-order valence-electron chi connectivity index (χ3n) is 7.22. The average Bonchev–Trinajstić information content (AvgIpc) is 3.52. The predicted octanol–water partition coefficient (Wildman–Crippen LogP) is 5.06. The predicted molar refractivity (Wildman–Crippen MR) is 149 cm³/mol. The molecular weight excluding hydrogens is 464 g/mol. The van der Waals surface area contributed by atoms with Crippen LogP contribution in [0.2, 0.25) is 0 Å². The highest BCUT2D eigenvalue weighted by atomic mass is 32.2. The first-order valence-corrected chi connectivity index (χ1v) is 14.1. The van der Waals surface area contributed by atoms with E-state index in [0.29, 0.717) is 0 Å². The van der Waals surface area contributed by atoms with E-state index in [4.69, 9.17) is 0 Å². The Morgan fingerprint density at radius 1 is 0.750 bits per heavy atom. The Morgan fingerprint density at radius 3 is 2.19 bits per heavy atom. The highest BCUT2D eigenvalue weighted by molar-refractivity contribution is 8.16. The molecule has 1 saturated heterocycles. The monoisotopic (exact) mass is 496 g/mol. The highest BCUT2D eigenvalue weighted by Crippen LogP contribution is 2.42. The molecule has 0 aliphatic carbocycles. The van der Waals surface area contributed by atoms with Gasteiger partial charge in [0.25, 0.3) is 5.91 Å². The fourth-order valence-corrected chi connectivity index (χ4v) is 7.23. The number of fused-ring (bicyclic) bond motifs is 1. The van der Waals surface area contributed by atoms with E-state index >= 15 is 0 Å². The summed E-state index contributed by atoms with van der Waals surface area (Å²) >= 11 is 0. The molecule has 1 fully saturated rings. The molecule has 0 aromatic heterocycles. The van der Waals surface area contributed by atoms with E-state index in [0.717, 1.165) is 63.4 Å². The van der Waals surface area contributed by atoms with Crippen LogP contribution in [-0.4, -0.2) is 65.2 Å². The van der Waals surface area contributed by atoms with E-state index in [9.17, 15) is 4.79 Å². The SMILES string of the molecule is O=C1c2ccccc2CN1CCCN1CCN(C2=CC=S(c3ccccc3)N2c2ccccc2)CC1. The third-order valence-corrected chi connectivity index (χ3v) is 9.16. The van der Waals surface area contributed by atoms with E-state index < -0.39 is 0 Å². The second-order valence-corrected chi connectivity index (χ2v) is 11.2. The Hall–Kier alpha value is -3.35. The van der Waals surface area contributed by atoms with Crippen LogP contribution in [0.15, 0.2) is 102 Å². The lowest BCUT2D eigenvalue weighted by molar-refractivity contribution is 0.0765. The minimum atomic E-state index is -0.124. The first kappa shape index (κ1) is 23.1. The van der Waals surface area contributed by atoms with Crippen molar-refractivity contribution in [2.45, 2.75) is 17.9 Å². The van der Waals surface area contributed by atoms with Gasteiger partial charge in [-0.3, -0.25) is 14.0 Å². The Morgan fingerprint density at radius 2 is 1.44 bits per heavy atom. The minimum Gasteiger partial charge on any atom is -0.355 e. The molecule has 3 aliphatic rings. The second kappa shape index (κ2) is 10.3. The molecule has 3 aromatic carbocycles. The topological polar surface area (TPSA) is 30.0 Å². The summed E-state index contributed by atoms with van der Waals surface area (Å²) in [5.41, 5.74) is 3.28. The number of anilines is 1. The van der Waals surface area contributed by atoms with Crippen molar-refractivity contribution in [3.8, 4) is 0 Å². The first-order valence-electron chi connectivity index (χ1n) is 12.8. The Labute approximate surface area is 216 Å². The summed E-state index contributed by atoms with van der Waals surface area (Å²) in [4.78, 5) is 21.1. The molecule has 0 N–H and O–H groups in total. The highest BCUT2D eigenvalue weighted by Gasteiger charge is 2.29. The van der Waals surface area contributed by atoms with E-state index in [1.54, 1.807) is 0 Å². The standard InChI is InChI=1S/C30H32N4OS/c35-30-28-15-8-7-10-25(28)24-33(30)18-9-17-31-19-21-32(22-20-31)29-16-23-36(27-13-5-2-6-14-27)34(29)26-11-3-1-4-12-26/h1-8,10-16,23H,9,17-22,24H2. The van der Waals surface area contributed by atoms with Gasteiger partial charge in [-0.15, -0.1) is 0 Å². The van der Waals surface area contributed by atoms with Gasteiger partial charge in [-0.05, 0) is 60.3 Å². The Kier molecular flexibility index (Phi) is 6.62. The zero-order chi connectivity index (χ0) is 24.3. The third kappa shape index (κ3) is 4.59. The van der Waals surface area contributed by atoms with Gasteiger partial charge < -0.3 is 9.80 Å². The lowest BCUT2D eigenvalue weighted by Crippen LogP contribution is -2.48. The number of para-hydroxylation sites is 1. The van der Waals surface area contributed by atoms with Gasteiger partial charge in [0.2, 0.25) is 0 Å². The molecule has 6 heteroatoms. The summed E-state index contributed by atoms with van der Waals surface area (Å²) in [6.45, 7) is 6.75. The molecule has 1 unspecified atom stereocenters. The second-order valence-electron chi connectivity index (χ2n) is 9.48. The first-order chi connectivity index (χ1) is 17.8.